The average Bonchev–Trinajstić information content (AvgIpc) is 3.11. The minimum absolute atomic E-state index is 0.01000. The normalized spacial score (nSPS) is 32.0. The maximum atomic E-state index is 9.51. The Hall–Kier alpha value is -1.83. The minimum Gasteiger partial charge on any atom is -0.457 e. The summed E-state index contributed by atoms with van der Waals surface area (Å²) in [6.07, 6.45) is 9.23. The van der Waals surface area contributed by atoms with Gasteiger partial charge in [0.25, 0.3) is 0 Å². The van der Waals surface area contributed by atoms with Crippen LogP contribution in [0.25, 0.3) is 0 Å². The molecule has 0 spiro atoms. The number of aromatic amines is 1. The molecule has 0 radical (unpaired) electrons. The van der Waals surface area contributed by atoms with E-state index in [2.05, 4.69) is 121 Å². The first kappa shape index (κ1) is 50.2. The van der Waals surface area contributed by atoms with E-state index in [0.29, 0.717) is 40.9 Å². The van der Waals surface area contributed by atoms with Gasteiger partial charge in [0.2, 0.25) is 0 Å². The number of hydrogen-bond donors (Lipinski definition) is 3. The van der Waals surface area contributed by atoms with Crippen LogP contribution in [0.2, 0.25) is 0 Å². The van der Waals surface area contributed by atoms with E-state index in [-0.39, 0.29) is 23.7 Å². The van der Waals surface area contributed by atoms with E-state index >= 15 is 0 Å². The standard InChI is InChI=1S/C13H21N3OS.C10H21NO.C8H17NO3.C4H4N2S.C2H3ClO2/c1-9-8-11(16(3)4)10(2)12(17-9)18-13-14-6-5-7-15-13;1-7-6-10(11(4)5)8(2)9(3)12-7;1-5-4-6(9(2)3)7(10)8(11)12-5;7-4-5-2-1-3-6-4;1-5-2(3)4/h5-7,9-12H,8H2,1-4H3;7-10H,6H2,1-5H3;5-8,10-11H,4H2,1-3H3;1-3H,(H,5,6,7);1H3/t9?,10?,11?,12-;7?,8?,9-,10?;5?,6?,7?,8-;;/m001../s1. The molecule has 0 aromatic carbocycles. The van der Waals surface area contributed by atoms with Crippen molar-refractivity contribution in [3.63, 3.8) is 0 Å². The number of H-pyrrole nitrogens is 1. The van der Waals surface area contributed by atoms with Gasteiger partial charge in [0.1, 0.15) is 11.5 Å². The molecule has 9 unspecified atom stereocenters. The largest absolute Gasteiger partial charge is 0.457 e. The summed E-state index contributed by atoms with van der Waals surface area (Å²) in [6, 6.07) is 4.85. The smallest absolute Gasteiger partial charge is 0.403 e. The Bertz CT molecular complexity index is 1300. The monoisotopic (exact) mass is 819 g/mol. The van der Waals surface area contributed by atoms with E-state index in [1.165, 1.54) is 13.5 Å². The number of aliphatic hydroxyl groups is 2. The molecule has 3 aliphatic heterocycles. The van der Waals surface area contributed by atoms with Gasteiger partial charge in [-0.15, -0.1) is 0 Å². The Morgan fingerprint density at radius 3 is 1.70 bits per heavy atom. The topological polar surface area (TPSA) is 159 Å². The molecule has 0 saturated carbocycles. The van der Waals surface area contributed by atoms with Crippen molar-refractivity contribution in [2.24, 2.45) is 11.8 Å². The lowest BCUT2D eigenvalue weighted by atomic mass is 9.88. The summed E-state index contributed by atoms with van der Waals surface area (Å²) in [7, 11) is 13.6. The molecule has 3 saturated heterocycles. The highest BCUT2D eigenvalue weighted by Crippen LogP contribution is 2.36. The molecule has 2 aromatic heterocycles. The summed E-state index contributed by atoms with van der Waals surface area (Å²) in [4.78, 5) is 30.9. The molecular formula is C37H66ClN7O7S2. The van der Waals surface area contributed by atoms with Crippen LogP contribution in [0.3, 0.4) is 0 Å². The quantitative estimate of drug-likeness (QED) is 0.196. The van der Waals surface area contributed by atoms with Crippen molar-refractivity contribution in [3.05, 3.63) is 41.7 Å². The molecule has 5 rings (SSSR count). The number of ether oxygens (including phenoxy) is 4. The van der Waals surface area contributed by atoms with Crippen LogP contribution in [0.15, 0.2) is 42.1 Å². The molecule has 5 heterocycles. The zero-order valence-corrected chi connectivity index (χ0v) is 36.7. The maximum Gasteiger partial charge on any atom is 0.403 e. The van der Waals surface area contributed by atoms with Gasteiger partial charge in [-0.25, -0.2) is 19.7 Å². The molecule has 17 heteroatoms. The van der Waals surface area contributed by atoms with Gasteiger partial charge in [0.15, 0.2) is 16.2 Å². The first-order valence-electron chi connectivity index (χ1n) is 18.3. The van der Waals surface area contributed by atoms with E-state index in [1.807, 2.05) is 32.0 Å². The predicted octanol–water partition coefficient (Wildman–Crippen LogP) is 5.56. The Morgan fingerprint density at radius 1 is 0.796 bits per heavy atom. The van der Waals surface area contributed by atoms with Gasteiger partial charge in [-0.2, -0.15) is 0 Å². The number of carbonyl (C=O) groups is 1. The third-order valence-electron chi connectivity index (χ3n) is 9.47. The maximum absolute atomic E-state index is 9.51. The first-order chi connectivity index (χ1) is 25.3. The van der Waals surface area contributed by atoms with Crippen LogP contribution in [0.1, 0.15) is 60.8 Å². The molecule has 2 aromatic rings. The second kappa shape index (κ2) is 26.2. The van der Waals surface area contributed by atoms with E-state index in [9.17, 15) is 15.0 Å². The van der Waals surface area contributed by atoms with Crippen molar-refractivity contribution in [1.29, 1.82) is 0 Å². The van der Waals surface area contributed by atoms with Crippen molar-refractivity contribution in [2.75, 3.05) is 49.4 Å². The lowest BCUT2D eigenvalue weighted by Crippen LogP contribution is -2.53. The van der Waals surface area contributed by atoms with Crippen molar-refractivity contribution in [2.45, 2.75) is 126 Å². The van der Waals surface area contributed by atoms with Crippen LogP contribution in [0, 0.1) is 16.6 Å². The second-order valence-corrected chi connectivity index (χ2v) is 16.3. The minimum atomic E-state index is -1.04. The fraction of sp³-hybridized carbons (Fsp3) is 0.757. The number of aromatic nitrogens is 4. The highest BCUT2D eigenvalue weighted by molar-refractivity contribution is 7.99. The first-order valence-corrected chi connectivity index (χ1v) is 19.9. The van der Waals surface area contributed by atoms with Crippen molar-refractivity contribution in [3.8, 4) is 0 Å². The molecule has 310 valence electrons. The lowest BCUT2D eigenvalue weighted by molar-refractivity contribution is -0.230. The number of halogens is 1. The Balaban J connectivity index is 0.000000359. The highest BCUT2D eigenvalue weighted by atomic mass is 35.5. The molecule has 3 fully saturated rings. The summed E-state index contributed by atoms with van der Waals surface area (Å²) < 4.78 is 21.3. The molecule has 3 aliphatic rings. The number of carbonyl (C=O) groups excluding carboxylic acids is 1. The summed E-state index contributed by atoms with van der Waals surface area (Å²) in [5.41, 5.74) is -0.645. The fourth-order valence-corrected chi connectivity index (χ4v) is 7.60. The van der Waals surface area contributed by atoms with E-state index < -0.39 is 17.8 Å². The molecule has 12 atom stereocenters. The molecule has 0 bridgehead atoms. The zero-order valence-electron chi connectivity index (χ0n) is 34.3. The van der Waals surface area contributed by atoms with E-state index in [0.717, 1.165) is 18.0 Å². The molecule has 14 nitrogen and oxygen atoms in total. The van der Waals surface area contributed by atoms with Gasteiger partial charge in [0.05, 0.1) is 31.5 Å². The number of rotatable bonds is 5. The Morgan fingerprint density at radius 2 is 1.26 bits per heavy atom. The molecular weight excluding hydrogens is 754 g/mol. The Kier molecular flexibility index (Phi) is 24.3. The van der Waals surface area contributed by atoms with Gasteiger partial charge >= 0.3 is 5.43 Å². The van der Waals surface area contributed by atoms with Crippen LogP contribution in [0.5, 0.6) is 0 Å². The molecule has 0 aliphatic carbocycles. The van der Waals surface area contributed by atoms with E-state index in [1.54, 1.807) is 42.6 Å². The van der Waals surface area contributed by atoms with Crippen LogP contribution in [0.4, 0.5) is 4.79 Å². The van der Waals surface area contributed by atoms with Crippen molar-refractivity contribution in [1.82, 2.24) is 34.6 Å². The van der Waals surface area contributed by atoms with Crippen molar-refractivity contribution < 1.29 is 34.0 Å². The number of likely N-dealkylation sites (N-methyl/N-ethyl adjacent to an activating group) is 1. The van der Waals surface area contributed by atoms with Gasteiger partial charge < -0.3 is 48.8 Å². The summed E-state index contributed by atoms with van der Waals surface area (Å²) >= 11 is 10.9. The fourth-order valence-electron chi connectivity index (χ4n) is 6.38. The number of thioether (sulfide) groups is 1. The summed E-state index contributed by atoms with van der Waals surface area (Å²) in [5, 5.41) is 19.6. The Labute approximate surface area is 337 Å². The van der Waals surface area contributed by atoms with Crippen LogP contribution in [-0.2, 0) is 18.9 Å². The molecule has 54 heavy (non-hydrogen) atoms. The lowest BCUT2D eigenvalue weighted by Gasteiger charge is -2.41. The van der Waals surface area contributed by atoms with Crippen LogP contribution >= 0.6 is 35.6 Å². The number of aliphatic hydroxyl groups excluding tert-OH is 2. The third-order valence-corrected chi connectivity index (χ3v) is 11.0. The zero-order chi connectivity index (χ0) is 41.1. The van der Waals surface area contributed by atoms with Crippen LogP contribution < -0.4 is 0 Å². The average molecular weight is 821 g/mol. The highest BCUT2D eigenvalue weighted by Gasteiger charge is 2.37. The molecule has 3 N–H and O–H groups in total. The van der Waals surface area contributed by atoms with Gasteiger partial charge in [-0.3, -0.25) is 0 Å². The number of nitrogens with zero attached hydrogens (tertiary/aromatic N) is 6. The van der Waals surface area contributed by atoms with Gasteiger partial charge in [0, 0.05) is 60.4 Å². The number of nitrogens with one attached hydrogen (secondary N) is 1. The van der Waals surface area contributed by atoms with E-state index in [4.69, 9.17) is 14.2 Å². The third kappa shape index (κ3) is 18.9. The summed E-state index contributed by atoms with van der Waals surface area (Å²) in [6.45, 7) is 12.9. The summed E-state index contributed by atoms with van der Waals surface area (Å²) in [5.74, 6) is 1.11. The molecule has 0 amide bonds. The SMILES string of the molecule is CC1CC(N(C)C)C(C)[C@H](C)O1.CC1CC(N(C)C)C(C)[C@H](Sc2ncccn2)O1.CC1CC(N(C)C)C(O)[C@H](O)O1.COC(=O)Cl.S=c1nccc[nH]1. The van der Waals surface area contributed by atoms with Gasteiger partial charge in [-0.1, -0.05) is 25.6 Å². The predicted molar refractivity (Wildman–Crippen MR) is 217 cm³/mol. The van der Waals surface area contributed by atoms with Crippen LogP contribution in [-0.4, -0.2) is 160 Å². The number of methoxy groups -OCH3 is 1. The van der Waals surface area contributed by atoms with Crippen molar-refractivity contribution >= 4 is 41.0 Å². The number of hydrogen-bond acceptors (Lipinski definition) is 15. The van der Waals surface area contributed by atoms with Gasteiger partial charge in [-0.05, 0) is 120 Å². The second-order valence-electron chi connectivity index (χ2n) is 14.5.